The molecule has 4 nitrogen and oxygen atoms in total. The van der Waals surface area contributed by atoms with E-state index in [1.54, 1.807) is 6.33 Å². The molecule has 2 atom stereocenters. The molecule has 2 N–H and O–H groups in total. The molecule has 1 heterocycles. The quantitative estimate of drug-likeness (QED) is 0.869. The zero-order valence-corrected chi connectivity index (χ0v) is 10.8. The van der Waals surface area contributed by atoms with E-state index in [0.29, 0.717) is 6.04 Å². The number of hydrogen-bond acceptors (Lipinski definition) is 3. The molecule has 1 aromatic carbocycles. The molecule has 0 fully saturated rings. The number of benzene rings is 1. The van der Waals surface area contributed by atoms with Crippen LogP contribution in [0.3, 0.4) is 0 Å². The fourth-order valence-corrected chi connectivity index (χ4v) is 2.70. The van der Waals surface area contributed by atoms with E-state index < -0.39 is 0 Å². The predicted molar refractivity (Wildman–Crippen MR) is 70.2 cm³/mol. The lowest BCUT2D eigenvalue weighted by molar-refractivity contribution is 0.451. The van der Waals surface area contributed by atoms with Gasteiger partial charge in [-0.05, 0) is 37.8 Å². The van der Waals surface area contributed by atoms with Crippen LogP contribution in [-0.2, 0) is 6.42 Å². The summed E-state index contributed by atoms with van der Waals surface area (Å²) < 4.78 is 0. The Bertz CT molecular complexity index is 533. The summed E-state index contributed by atoms with van der Waals surface area (Å²) in [6.45, 7) is 4.27. The summed E-state index contributed by atoms with van der Waals surface area (Å²) in [5.74, 6) is 0.899. The van der Waals surface area contributed by atoms with Gasteiger partial charge in [-0.15, -0.1) is 0 Å². The molecule has 2 aromatic rings. The molecule has 0 saturated carbocycles. The van der Waals surface area contributed by atoms with Crippen molar-refractivity contribution < 1.29 is 0 Å². The van der Waals surface area contributed by atoms with Crippen molar-refractivity contribution in [1.82, 2.24) is 20.5 Å². The molecule has 1 aliphatic rings. The van der Waals surface area contributed by atoms with Crippen LogP contribution in [0.25, 0.3) is 0 Å². The van der Waals surface area contributed by atoms with Gasteiger partial charge in [0.15, 0.2) is 0 Å². The Morgan fingerprint density at radius 2 is 2.33 bits per heavy atom. The van der Waals surface area contributed by atoms with Gasteiger partial charge in [0.25, 0.3) is 0 Å². The second-order valence-corrected chi connectivity index (χ2v) is 5.05. The maximum atomic E-state index is 4.20. The van der Waals surface area contributed by atoms with Crippen LogP contribution in [0, 0.1) is 6.92 Å². The van der Waals surface area contributed by atoms with E-state index in [1.807, 2.05) is 0 Å². The third kappa shape index (κ3) is 2.04. The molecule has 1 aliphatic carbocycles. The lowest BCUT2D eigenvalue weighted by Crippen LogP contribution is -2.24. The molecule has 2 unspecified atom stereocenters. The molecule has 1 aromatic heterocycles. The Balaban J connectivity index is 1.78. The van der Waals surface area contributed by atoms with Crippen LogP contribution >= 0.6 is 0 Å². The Morgan fingerprint density at radius 3 is 3.11 bits per heavy atom. The van der Waals surface area contributed by atoms with Gasteiger partial charge in [0.1, 0.15) is 12.2 Å². The first-order valence-electron chi connectivity index (χ1n) is 6.45. The number of nitrogens with one attached hydrogen (secondary N) is 2. The summed E-state index contributed by atoms with van der Waals surface area (Å²) in [6, 6.07) is 7.38. The van der Waals surface area contributed by atoms with Gasteiger partial charge in [-0.3, -0.25) is 5.10 Å². The zero-order chi connectivity index (χ0) is 12.5. The third-order valence-electron chi connectivity index (χ3n) is 3.67. The van der Waals surface area contributed by atoms with Crippen LogP contribution in [0.15, 0.2) is 24.5 Å². The summed E-state index contributed by atoms with van der Waals surface area (Å²) in [5.41, 5.74) is 4.25. The van der Waals surface area contributed by atoms with Gasteiger partial charge in [-0.25, -0.2) is 4.98 Å². The van der Waals surface area contributed by atoms with Crippen LogP contribution in [0.2, 0.25) is 0 Å². The summed E-state index contributed by atoms with van der Waals surface area (Å²) in [4.78, 5) is 4.20. The van der Waals surface area contributed by atoms with Gasteiger partial charge in [0.05, 0.1) is 6.04 Å². The number of hydrogen-bond donors (Lipinski definition) is 2. The molecule has 0 aliphatic heterocycles. The average Bonchev–Trinajstić information content (AvgIpc) is 2.99. The van der Waals surface area contributed by atoms with Crippen molar-refractivity contribution in [1.29, 1.82) is 0 Å². The second-order valence-electron chi connectivity index (χ2n) is 5.05. The highest BCUT2D eigenvalue weighted by Gasteiger charge is 2.24. The van der Waals surface area contributed by atoms with Gasteiger partial charge < -0.3 is 5.32 Å². The Labute approximate surface area is 107 Å². The van der Waals surface area contributed by atoms with Gasteiger partial charge >= 0.3 is 0 Å². The second kappa shape index (κ2) is 4.53. The molecule has 0 saturated heterocycles. The van der Waals surface area contributed by atoms with Crippen molar-refractivity contribution >= 4 is 0 Å². The van der Waals surface area contributed by atoms with Gasteiger partial charge in [-0.2, -0.15) is 5.10 Å². The molecule has 4 heteroatoms. The number of nitrogens with zero attached hydrogens (tertiary/aromatic N) is 2. The van der Waals surface area contributed by atoms with Crippen molar-refractivity contribution in [2.24, 2.45) is 0 Å². The van der Waals surface area contributed by atoms with Crippen LogP contribution in [0.1, 0.15) is 47.9 Å². The highest BCUT2D eigenvalue weighted by atomic mass is 15.2. The number of aromatic amines is 1. The minimum atomic E-state index is 0.198. The summed E-state index contributed by atoms with van der Waals surface area (Å²) in [7, 11) is 0. The van der Waals surface area contributed by atoms with Crippen LogP contribution in [-0.4, -0.2) is 15.2 Å². The molecule has 0 amide bonds. The van der Waals surface area contributed by atoms with E-state index in [9.17, 15) is 0 Å². The fraction of sp³-hybridized carbons (Fsp3) is 0.429. The lowest BCUT2D eigenvalue weighted by Gasteiger charge is -2.18. The fourth-order valence-electron chi connectivity index (χ4n) is 2.70. The van der Waals surface area contributed by atoms with Crippen molar-refractivity contribution in [3.63, 3.8) is 0 Å². The predicted octanol–water partition coefficient (Wildman–Crippen LogP) is 2.45. The molecule has 3 rings (SSSR count). The van der Waals surface area contributed by atoms with E-state index in [0.717, 1.165) is 18.7 Å². The molecular weight excluding hydrogens is 224 g/mol. The van der Waals surface area contributed by atoms with Crippen molar-refractivity contribution in [2.75, 3.05) is 0 Å². The van der Waals surface area contributed by atoms with E-state index in [4.69, 9.17) is 0 Å². The van der Waals surface area contributed by atoms with Crippen LogP contribution in [0.5, 0.6) is 0 Å². The third-order valence-corrected chi connectivity index (χ3v) is 3.67. The van der Waals surface area contributed by atoms with E-state index in [1.165, 1.54) is 16.7 Å². The minimum Gasteiger partial charge on any atom is -0.301 e. The van der Waals surface area contributed by atoms with E-state index in [-0.39, 0.29) is 6.04 Å². The minimum absolute atomic E-state index is 0.198. The number of aromatic nitrogens is 3. The number of fused-ring (bicyclic) bond motifs is 1. The van der Waals surface area contributed by atoms with Gasteiger partial charge in [-0.1, -0.05) is 23.8 Å². The highest BCUT2D eigenvalue weighted by molar-refractivity contribution is 5.37. The van der Waals surface area contributed by atoms with Gasteiger partial charge in [0, 0.05) is 6.04 Å². The summed E-state index contributed by atoms with van der Waals surface area (Å²) in [6.07, 6.45) is 3.88. The lowest BCUT2D eigenvalue weighted by atomic mass is 10.0. The highest BCUT2D eigenvalue weighted by Crippen LogP contribution is 2.33. The monoisotopic (exact) mass is 242 g/mol. The number of H-pyrrole nitrogens is 1. The molecule has 0 bridgehead atoms. The van der Waals surface area contributed by atoms with Crippen LogP contribution in [0.4, 0.5) is 0 Å². The van der Waals surface area contributed by atoms with Gasteiger partial charge in [0.2, 0.25) is 0 Å². The number of aryl methyl sites for hydroxylation is 2. The zero-order valence-electron chi connectivity index (χ0n) is 10.8. The topological polar surface area (TPSA) is 53.6 Å². The smallest absolute Gasteiger partial charge is 0.141 e. The largest absolute Gasteiger partial charge is 0.301 e. The maximum Gasteiger partial charge on any atom is 0.141 e. The Hall–Kier alpha value is -1.68. The van der Waals surface area contributed by atoms with Crippen molar-refractivity contribution in [2.45, 2.75) is 38.8 Å². The standard InChI is InChI=1S/C14H18N4/c1-9-3-4-11-5-6-13(12(11)7-9)17-10(2)14-15-8-16-18-14/h3-4,7-8,10,13,17H,5-6H2,1-2H3,(H,15,16,18). The molecule has 0 spiro atoms. The van der Waals surface area contributed by atoms with Crippen molar-refractivity contribution in [3.8, 4) is 0 Å². The van der Waals surface area contributed by atoms with Crippen molar-refractivity contribution in [3.05, 3.63) is 47.0 Å². The first-order valence-corrected chi connectivity index (χ1v) is 6.45. The maximum absolute atomic E-state index is 4.20. The first-order chi connectivity index (χ1) is 8.74. The van der Waals surface area contributed by atoms with E-state index in [2.05, 4.69) is 52.5 Å². The summed E-state index contributed by atoms with van der Waals surface area (Å²) in [5, 5.41) is 10.5. The Morgan fingerprint density at radius 1 is 1.44 bits per heavy atom. The molecule has 94 valence electrons. The molecular formula is C14H18N4. The molecule has 18 heavy (non-hydrogen) atoms. The van der Waals surface area contributed by atoms with E-state index >= 15 is 0 Å². The normalized spacial score (nSPS) is 19.8. The first kappa shape index (κ1) is 11.4. The Kier molecular flexibility index (Phi) is 2.88. The average molecular weight is 242 g/mol. The number of rotatable bonds is 3. The molecule has 0 radical (unpaired) electrons. The van der Waals surface area contributed by atoms with Crippen LogP contribution < -0.4 is 5.32 Å². The SMILES string of the molecule is Cc1ccc2c(c1)C(NC(C)c1ncn[nH]1)CC2. The summed E-state index contributed by atoms with van der Waals surface area (Å²) >= 11 is 0.